The maximum Gasteiger partial charge on any atom is 0.338 e. The molecule has 0 saturated heterocycles. The molecule has 1 atom stereocenters. The molecule has 1 amide bonds. The monoisotopic (exact) mass is 284 g/mol. The second-order valence-electron chi connectivity index (χ2n) is 4.49. The zero-order chi connectivity index (χ0) is 15.2. The van der Waals surface area contributed by atoms with Crippen molar-refractivity contribution in [2.75, 3.05) is 7.05 Å². The molecule has 5 heteroatoms. The fourth-order valence-corrected chi connectivity index (χ4v) is 1.84. The smallest absolute Gasteiger partial charge is 0.338 e. The van der Waals surface area contributed by atoms with Crippen LogP contribution in [0, 0.1) is 0 Å². The summed E-state index contributed by atoms with van der Waals surface area (Å²) in [5.74, 6) is -0.720. The lowest BCUT2D eigenvalue weighted by atomic mass is 10.1. The van der Waals surface area contributed by atoms with Crippen molar-refractivity contribution in [3.05, 3.63) is 65.5 Å². The first-order valence-electron chi connectivity index (χ1n) is 6.55. The number of nitrogens with zero attached hydrogens (tertiary/aromatic N) is 1. The summed E-state index contributed by atoms with van der Waals surface area (Å²) < 4.78 is 5.38. The molecule has 2 rings (SSSR count). The summed E-state index contributed by atoms with van der Waals surface area (Å²) in [7, 11) is 1.54. The largest absolute Gasteiger partial charge is 0.454 e. The normalized spacial score (nSPS) is 11.5. The third-order valence-electron chi connectivity index (χ3n) is 3.03. The Morgan fingerprint density at radius 3 is 2.62 bits per heavy atom. The van der Waals surface area contributed by atoms with Crippen molar-refractivity contribution < 1.29 is 14.3 Å². The molecular weight excluding hydrogens is 268 g/mol. The molecule has 0 fully saturated rings. The van der Waals surface area contributed by atoms with Crippen LogP contribution in [-0.4, -0.2) is 23.9 Å². The van der Waals surface area contributed by atoms with Crippen molar-refractivity contribution >= 4 is 11.9 Å². The van der Waals surface area contributed by atoms with Gasteiger partial charge in [0.2, 0.25) is 0 Å². The van der Waals surface area contributed by atoms with Gasteiger partial charge in [-0.3, -0.25) is 9.78 Å². The summed E-state index contributed by atoms with van der Waals surface area (Å²) >= 11 is 0. The van der Waals surface area contributed by atoms with Crippen LogP contribution in [0.5, 0.6) is 0 Å². The molecule has 1 aromatic heterocycles. The van der Waals surface area contributed by atoms with Gasteiger partial charge in [0, 0.05) is 30.6 Å². The molecule has 108 valence electrons. The second-order valence-corrected chi connectivity index (χ2v) is 4.49. The highest BCUT2D eigenvalue weighted by Crippen LogP contribution is 2.17. The van der Waals surface area contributed by atoms with Gasteiger partial charge in [0.1, 0.15) is 6.10 Å². The summed E-state index contributed by atoms with van der Waals surface area (Å²) in [6, 6.07) is 10.0. The van der Waals surface area contributed by atoms with E-state index in [1.54, 1.807) is 43.6 Å². The molecule has 21 heavy (non-hydrogen) atoms. The van der Waals surface area contributed by atoms with Crippen LogP contribution in [0.1, 0.15) is 39.3 Å². The van der Waals surface area contributed by atoms with Gasteiger partial charge in [0.05, 0.1) is 5.56 Å². The number of amides is 1. The van der Waals surface area contributed by atoms with E-state index in [4.69, 9.17) is 4.74 Å². The molecule has 1 aromatic carbocycles. The fraction of sp³-hybridized carbons (Fsp3) is 0.188. The zero-order valence-electron chi connectivity index (χ0n) is 11.9. The standard InChI is InChI=1S/C16H16N2O3/c1-11(14-7-4-8-18-10-14)21-16(20)13-6-3-5-12(9-13)15(19)17-2/h3-11H,1-2H3,(H,17,19)/t11-/m0/s1. The van der Waals surface area contributed by atoms with Crippen molar-refractivity contribution in [1.82, 2.24) is 10.3 Å². The Kier molecular flexibility index (Phi) is 4.66. The van der Waals surface area contributed by atoms with E-state index in [-0.39, 0.29) is 5.91 Å². The number of ether oxygens (including phenoxy) is 1. The lowest BCUT2D eigenvalue weighted by molar-refractivity contribution is 0.0337. The van der Waals surface area contributed by atoms with Crippen LogP contribution in [0.4, 0.5) is 0 Å². The molecule has 0 radical (unpaired) electrons. The quantitative estimate of drug-likeness (QED) is 0.875. The van der Waals surface area contributed by atoms with Gasteiger partial charge < -0.3 is 10.1 Å². The third kappa shape index (κ3) is 3.66. The first-order valence-corrected chi connectivity index (χ1v) is 6.55. The van der Waals surface area contributed by atoms with Crippen LogP contribution in [0.3, 0.4) is 0 Å². The number of carbonyl (C=O) groups is 2. The molecule has 0 aliphatic carbocycles. The van der Waals surface area contributed by atoms with Gasteiger partial charge in [0.15, 0.2) is 0 Å². The van der Waals surface area contributed by atoms with E-state index in [9.17, 15) is 9.59 Å². The number of pyridine rings is 1. The van der Waals surface area contributed by atoms with Crippen molar-refractivity contribution in [1.29, 1.82) is 0 Å². The van der Waals surface area contributed by atoms with E-state index in [2.05, 4.69) is 10.3 Å². The van der Waals surface area contributed by atoms with E-state index in [0.717, 1.165) is 5.56 Å². The summed E-state index contributed by atoms with van der Waals surface area (Å²) in [6.07, 6.45) is 2.90. The number of nitrogens with one attached hydrogen (secondary N) is 1. The van der Waals surface area contributed by atoms with E-state index >= 15 is 0 Å². The van der Waals surface area contributed by atoms with E-state index in [1.807, 2.05) is 6.07 Å². The van der Waals surface area contributed by atoms with Crippen LogP contribution in [0.15, 0.2) is 48.8 Å². The topological polar surface area (TPSA) is 68.3 Å². The van der Waals surface area contributed by atoms with Gasteiger partial charge >= 0.3 is 5.97 Å². The highest BCUT2D eigenvalue weighted by Gasteiger charge is 2.15. The lowest BCUT2D eigenvalue weighted by Gasteiger charge is -2.13. The average Bonchev–Trinajstić information content (AvgIpc) is 2.55. The molecule has 0 saturated carbocycles. The average molecular weight is 284 g/mol. The van der Waals surface area contributed by atoms with Crippen molar-refractivity contribution in [2.45, 2.75) is 13.0 Å². The van der Waals surface area contributed by atoms with Gasteiger partial charge in [0.25, 0.3) is 5.91 Å². The van der Waals surface area contributed by atoms with Gasteiger partial charge in [-0.05, 0) is 31.2 Å². The minimum absolute atomic E-state index is 0.245. The fourth-order valence-electron chi connectivity index (χ4n) is 1.84. The number of hydrogen-bond acceptors (Lipinski definition) is 4. The molecule has 1 heterocycles. The van der Waals surface area contributed by atoms with Crippen LogP contribution >= 0.6 is 0 Å². The Balaban J connectivity index is 2.12. The van der Waals surface area contributed by atoms with Gasteiger partial charge in [-0.1, -0.05) is 12.1 Å². The second kappa shape index (κ2) is 6.65. The molecule has 2 aromatic rings. The maximum absolute atomic E-state index is 12.1. The number of rotatable bonds is 4. The van der Waals surface area contributed by atoms with Crippen LogP contribution in [0.25, 0.3) is 0 Å². The number of benzene rings is 1. The van der Waals surface area contributed by atoms with E-state index in [1.165, 1.54) is 13.1 Å². The molecular formula is C16H16N2O3. The number of aromatic nitrogens is 1. The molecule has 0 aliphatic rings. The Hall–Kier alpha value is -2.69. The number of carbonyl (C=O) groups excluding carboxylic acids is 2. The lowest BCUT2D eigenvalue weighted by Crippen LogP contribution is -2.18. The zero-order valence-corrected chi connectivity index (χ0v) is 11.9. The number of hydrogen-bond donors (Lipinski definition) is 1. The molecule has 0 spiro atoms. The van der Waals surface area contributed by atoms with Gasteiger partial charge in [-0.2, -0.15) is 0 Å². The Morgan fingerprint density at radius 1 is 1.19 bits per heavy atom. The summed E-state index contributed by atoms with van der Waals surface area (Å²) in [4.78, 5) is 27.7. The SMILES string of the molecule is CNC(=O)c1cccc(C(=O)O[C@@H](C)c2cccnc2)c1. The van der Waals surface area contributed by atoms with Crippen LogP contribution in [-0.2, 0) is 4.74 Å². The third-order valence-corrected chi connectivity index (χ3v) is 3.03. The maximum atomic E-state index is 12.1. The van der Waals surface area contributed by atoms with Crippen molar-refractivity contribution in [2.24, 2.45) is 0 Å². The Morgan fingerprint density at radius 2 is 1.95 bits per heavy atom. The van der Waals surface area contributed by atoms with Crippen LogP contribution in [0.2, 0.25) is 0 Å². The molecule has 0 unspecified atom stereocenters. The molecule has 0 aliphatic heterocycles. The summed E-state index contributed by atoms with van der Waals surface area (Å²) in [5.41, 5.74) is 1.57. The van der Waals surface area contributed by atoms with Gasteiger partial charge in [-0.15, -0.1) is 0 Å². The molecule has 5 nitrogen and oxygen atoms in total. The predicted octanol–water partition coefficient (Wildman–Crippen LogP) is 2.36. The minimum Gasteiger partial charge on any atom is -0.454 e. The van der Waals surface area contributed by atoms with E-state index in [0.29, 0.717) is 11.1 Å². The summed E-state index contributed by atoms with van der Waals surface area (Å²) in [6.45, 7) is 1.78. The minimum atomic E-state index is -0.475. The van der Waals surface area contributed by atoms with Crippen molar-refractivity contribution in [3.63, 3.8) is 0 Å². The van der Waals surface area contributed by atoms with Gasteiger partial charge in [-0.25, -0.2) is 4.79 Å². The van der Waals surface area contributed by atoms with E-state index < -0.39 is 12.1 Å². The Bertz CT molecular complexity index is 641. The van der Waals surface area contributed by atoms with Crippen molar-refractivity contribution in [3.8, 4) is 0 Å². The van der Waals surface area contributed by atoms with Crippen LogP contribution < -0.4 is 5.32 Å². The Labute approximate surface area is 123 Å². The first kappa shape index (κ1) is 14.7. The highest BCUT2D eigenvalue weighted by molar-refractivity contribution is 5.97. The molecule has 0 bridgehead atoms. The molecule has 1 N–H and O–H groups in total. The first-order chi connectivity index (χ1) is 10.1. The predicted molar refractivity (Wildman–Crippen MR) is 77.9 cm³/mol. The highest BCUT2D eigenvalue weighted by atomic mass is 16.5. The summed E-state index contributed by atoms with van der Waals surface area (Å²) in [5, 5.41) is 2.51. The number of esters is 1.